The van der Waals surface area contributed by atoms with Crippen LogP contribution in [0, 0.1) is 11.7 Å². The summed E-state index contributed by atoms with van der Waals surface area (Å²) < 4.78 is 29.0. The zero-order valence-electron chi connectivity index (χ0n) is 22.3. The number of pyridine rings is 1. The molecule has 0 bridgehead atoms. The molecule has 2 aliphatic rings. The van der Waals surface area contributed by atoms with Gasteiger partial charge >= 0.3 is 12.1 Å². The van der Waals surface area contributed by atoms with Gasteiger partial charge in [-0.15, -0.1) is 0 Å². The van der Waals surface area contributed by atoms with Crippen LogP contribution in [0.15, 0.2) is 17.1 Å². The van der Waals surface area contributed by atoms with E-state index in [4.69, 9.17) is 9.47 Å². The van der Waals surface area contributed by atoms with Gasteiger partial charge in [0.1, 0.15) is 16.9 Å². The number of carboxylic acid groups (broad SMARTS) is 1. The second-order valence-corrected chi connectivity index (χ2v) is 11.0. The van der Waals surface area contributed by atoms with Gasteiger partial charge in [-0.3, -0.25) is 4.79 Å². The molecular formula is C27H36FN3O6. The first-order valence-corrected chi connectivity index (χ1v) is 12.8. The Bertz CT molecular complexity index is 1280. The summed E-state index contributed by atoms with van der Waals surface area (Å²) in [6, 6.07) is 1.03. The fourth-order valence-electron chi connectivity index (χ4n) is 5.01. The van der Waals surface area contributed by atoms with E-state index in [2.05, 4.69) is 0 Å². The van der Waals surface area contributed by atoms with Gasteiger partial charge in [-0.05, 0) is 65.9 Å². The zero-order chi connectivity index (χ0) is 27.2. The Kier molecular flexibility index (Phi) is 7.14. The molecule has 1 aliphatic heterocycles. The second kappa shape index (κ2) is 9.87. The van der Waals surface area contributed by atoms with Crippen molar-refractivity contribution in [2.45, 2.75) is 71.6 Å². The van der Waals surface area contributed by atoms with Crippen molar-refractivity contribution < 1.29 is 28.6 Å². The van der Waals surface area contributed by atoms with Crippen molar-refractivity contribution in [2.75, 3.05) is 31.6 Å². The smallest absolute Gasteiger partial charge is 0.410 e. The molecule has 1 unspecified atom stereocenters. The summed E-state index contributed by atoms with van der Waals surface area (Å²) in [6.07, 6.45) is 3.36. The number of hydrogen-bond acceptors (Lipinski definition) is 6. The van der Waals surface area contributed by atoms with E-state index in [1.165, 1.54) is 6.20 Å². The monoisotopic (exact) mass is 517 g/mol. The highest BCUT2D eigenvalue weighted by Crippen LogP contribution is 2.45. The summed E-state index contributed by atoms with van der Waals surface area (Å²) in [7, 11) is 1.71. The van der Waals surface area contributed by atoms with Crippen molar-refractivity contribution in [2.24, 2.45) is 5.92 Å². The molecule has 2 fully saturated rings. The van der Waals surface area contributed by atoms with Crippen molar-refractivity contribution in [1.82, 2.24) is 9.47 Å². The SMILES string of the molecule is CCOc1c(N2CC[C@@H](C(C)N(C)C(=O)OC(C)(C)C)C2)c(F)cc2c(=O)c(C(=O)O)cn(C3CC3)c12. The van der Waals surface area contributed by atoms with Crippen LogP contribution in [-0.2, 0) is 4.74 Å². The molecule has 4 rings (SSSR count). The predicted octanol–water partition coefficient (Wildman–Crippen LogP) is 4.65. The number of ether oxygens (including phenoxy) is 2. The third-order valence-electron chi connectivity index (χ3n) is 7.17. The van der Waals surface area contributed by atoms with Gasteiger partial charge in [0.25, 0.3) is 0 Å². The molecule has 1 saturated carbocycles. The summed E-state index contributed by atoms with van der Waals surface area (Å²) in [6.45, 7) is 10.5. The van der Waals surface area contributed by atoms with Crippen LogP contribution in [0.5, 0.6) is 5.75 Å². The molecule has 1 aromatic heterocycles. The Morgan fingerprint density at radius 1 is 1.27 bits per heavy atom. The van der Waals surface area contributed by atoms with E-state index in [9.17, 15) is 19.5 Å². The van der Waals surface area contributed by atoms with Gasteiger partial charge in [-0.1, -0.05) is 0 Å². The van der Waals surface area contributed by atoms with Crippen LogP contribution in [0.4, 0.5) is 14.9 Å². The van der Waals surface area contributed by atoms with Crippen molar-refractivity contribution in [3.05, 3.63) is 33.9 Å². The number of anilines is 1. The molecule has 37 heavy (non-hydrogen) atoms. The lowest BCUT2D eigenvalue weighted by molar-refractivity contribution is 0.0192. The van der Waals surface area contributed by atoms with Crippen molar-refractivity contribution >= 4 is 28.7 Å². The van der Waals surface area contributed by atoms with Crippen LogP contribution >= 0.6 is 0 Å². The van der Waals surface area contributed by atoms with E-state index in [1.807, 2.05) is 32.6 Å². The fourth-order valence-corrected chi connectivity index (χ4v) is 5.01. The van der Waals surface area contributed by atoms with Crippen LogP contribution in [0.3, 0.4) is 0 Å². The Hall–Kier alpha value is -3.30. The van der Waals surface area contributed by atoms with Crippen LogP contribution in [0.1, 0.15) is 70.3 Å². The predicted molar refractivity (Wildman–Crippen MR) is 138 cm³/mol. The van der Waals surface area contributed by atoms with E-state index in [1.54, 1.807) is 23.4 Å². The van der Waals surface area contributed by atoms with Gasteiger partial charge in [0.2, 0.25) is 5.43 Å². The highest BCUT2D eigenvalue weighted by Gasteiger charge is 2.36. The first kappa shape index (κ1) is 26.8. The van der Waals surface area contributed by atoms with E-state index < -0.39 is 28.9 Å². The molecule has 10 heteroatoms. The molecule has 0 spiro atoms. The Morgan fingerprint density at radius 3 is 2.51 bits per heavy atom. The van der Waals surface area contributed by atoms with Crippen LogP contribution in [-0.4, -0.2) is 65.0 Å². The minimum absolute atomic E-state index is 0.00488. The van der Waals surface area contributed by atoms with Gasteiger partial charge in [0.05, 0.1) is 17.5 Å². The fraction of sp³-hybridized carbons (Fsp3) is 0.593. The topological polar surface area (TPSA) is 101 Å². The number of carbonyl (C=O) groups excluding carboxylic acids is 1. The lowest BCUT2D eigenvalue weighted by Gasteiger charge is -2.32. The number of aromatic nitrogens is 1. The maximum Gasteiger partial charge on any atom is 0.410 e. The third kappa shape index (κ3) is 5.24. The molecule has 2 atom stereocenters. The molecular weight excluding hydrogens is 481 g/mol. The van der Waals surface area contributed by atoms with Gasteiger partial charge in [-0.25, -0.2) is 14.0 Å². The summed E-state index contributed by atoms with van der Waals surface area (Å²) in [4.78, 5) is 40.8. The molecule has 0 radical (unpaired) electrons. The Balaban J connectivity index is 1.73. The minimum atomic E-state index is -1.34. The number of carbonyl (C=O) groups is 2. The molecule has 9 nitrogen and oxygen atoms in total. The number of aromatic carboxylic acids is 1. The first-order valence-electron chi connectivity index (χ1n) is 12.8. The lowest BCUT2D eigenvalue weighted by Crippen LogP contribution is -2.43. The van der Waals surface area contributed by atoms with Crippen molar-refractivity contribution in [1.29, 1.82) is 0 Å². The van der Waals surface area contributed by atoms with E-state index in [-0.39, 0.29) is 47.0 Å². The van der Waals surface area contributed by atoms with Gasteiger partial charge in [0.15, 0.2) is 11.6 Å². The van der Waals surface area contributed by atoms with E-state index in [0.29, 0.717) is 18.6 Å². The van der Waals surface area contributed by atoms with Crippen molar-refractivity contribution in [3.8, 4) is 5.75 Å². The number of rotatable bonds is 7. The number of carboxylic acids is 1. The highest BCUT2D eigenvalue weighted by molar-refractivity contribution is 5.97. The highest BCUT2D eigenvalue weighted by atomic mass is 19.1. The molecule has 1 N–H and O–H groups in total. The summed E-state index contributed by atoms with van der Waals surface area (Å²) in [5, 5.41) is 9.57. The average Bonchev–Trinajstić information content (AvgIpc) is 3.54. The Labute approximate surface area is 215 Å². The normalized spacial score (nSPS) is 18.7. The number of hydrogen-bond donors (Lipinski definition) is 1. The molecule has 202 valence electrons. The number of benzene rings is 1. The second-order valence-electron chi connectivity index (χ2n) is 11.0. The van der Waals surface area contributed by atoms with Gasteiger partial charge in [0, 0.05) is 38.4 Å². The number of amides is 1. The van der Waals surface area contributed by atoms with Gasteiger partial charge in [-0.2, -0.15) is 0 Å². The minimum Gasteiger partial charge on any atom is -0.489 e. The number of fused-ring (bicyclic) bond motifs is 1. The van der Waals surface area contributed by atoms with Gasteiger partial charge < -0.3 is 28.9 Å². The summed E-state index contributed by atoms with van der Waals surface area (Å²) in [5.74, 6) is -1.66. The molecule has 2 aromatic rings. The summed E-state index contributed by atoms with van der Waals surface area (Å²) >= 11 is 0. The van der Waals surface area contributed by atoms with Crippen LogP contribution < -0.4 is 15.1 Å². The maximum atomic E-state index is 15.7. The molecule has 1 aromatic carbocycles. The third-order valence-corrected chi connectivity index (χ3v) is 7.17. The average molecular weight is 518 g/mol. The Morgan fingerprint density at radius 2 is 1.95 bits per heavy atom. The molecule has 2 heterocycles. The van der Waals surface area contributed by atoms with Crippen LogP contribution in [0.25, 0.3) is 10.9 Å². The van der Waals surface area contributed by atoms with Crippen molar-refractivity contribution in [3.63, 3.8) is 0 Å². The first-order chi connectivity index (χ1) is 17.3. The van der Waals surface area contributed by atoms with E-state index >= 15 is 4.39 Å². The standard InChI is InChI=1S/C27H36FN3O6/c1-7-36-24-21-18(23(32)19(25(33)34)14-31(21)17-8-9-17)12-20(28)22(24)30-11-10-16(13-30)15(2)29(6)26(35)37-27(3,4)5/h12,14-17H,7-11,13H2,1-6H3,(H,33,34)/t15?,16-/m1/s1. The summed E-state index contributed by atoms with van der Waals surface area (Å²) in [5.41, 5.74) is -1.02. The van der Waals surface area contributed by atoms with Crippen LogP contribution in [0.2, 0.25) is 0 Å². The lowest BCUT2D eigenvalue weighted by atomic mass is 9.99. The quantitative estimate of drug-likeness (QED) is 0.570. The molecule has 1 aliphatic carbocycles. The zero-order valence-corrected chi connectivity index (χ0v) is 22.3. The molecule has 1 amide bonds. The maximum absolute atomic E-state index is 15.7. The number of nitrogens with zero attached hydrogens (tertiary/aromatic N) is 3. The number of halogens is 1. The van der Waals surface area contributed by atoms with E-state index in [0.717, 1.165) is 25.3 Å². The molecule has 1 saturated heterocycles. The largest absolute Gasteiger partial charge is 0.489 e.